The second kappa shape index (κ2) is 7.70. The normalized spacial score (nSPS) is 17.8. The monoisotopic (exact) mass is 342 g/mol. The van der Waals surface area contributed by atoms with E-state index in [0.29, 0.717) is 25.5 Å². The summed E-state index contributed by atoms with van der Waals surface area (Å²) in [5.74, 6) is 0.670. The van der Waals surface area contributed by atoms with Crippen LogP contribution in [0.3, 0.4) is 0 Å². The number of carbonyl (C=O) groups excluding carboxylic acids is 1. The van der Waals surface area contributed by atoms with Gasteiger partial charge >= 0.3 is 0 Å². The number of amides is 1. The average Bonchev–Trinajstić information content (AvgIpc) is 2.93. The van der Waals surface area contributed by atoms with Crippen molar-refractivity contribution in [2.45, 2.75) is 39.5 Å². The molecule has 2 aromatic rings. The first-order chi connectivity index (χ1) is 12.1. The summed E-state index contributed by atoms with van der Waals surface area (Å²) in [6, 6.07) is 8.25. The molecule has 0 bridgehead atoms. The van der Waals surface area contributed by atoms with E-state index in [1.165, 1.54) is 5.69 Å². The zero-order valence-electron chi connectivity index (χ0n) is 15.1. The number of aromatic nitrogens is 2. The maximum absolute atomic E-state index is 12.6. The van der Waals surface area contributed by atoms with E-state index in [4.69, 9.17) is 4.74 Å². The van der Waals surface area contributed by atoms with Crippen molar-refractivity contribution in [1.29, 1.82) is 0 Å². The summed E-state index contributed by atoms with van der Waals surface area (Å²) in [7, 11) is 1.64. The second-order valence-corrected chi connectivity index (χ2v) is 6.85. The maximum Gasteiger partial charge on any atom is 0.226 e. The fourth-order valence-corrected chi connectivity index (χ4v) is 3.33. The Bertz CT molecular complexity index is 726. The van der Waals surface area contributed by atoms with Gasteiger partial charge in [0.1, 0.15) is 0 Å². The van der Waals surface area contributed by atoms with Gasteiger partial charge in [-0.25, -0.2) is 4.98 Å². The summed E-state index contributed by atoms with van der Waals surface area (Å²) in [5.41, 5.74) is 2.26. The van der Waals surface area contributed by atoms with Gasteiger partial charge in [0.05, 0.1) is 13.0 Å². The van der Waals surface area contributed by atoms with E-state index in [9.17, 15) is 4.79 Å². The van der Waals surface area contributed by atoms with Crippen molar-refractivity contribution in [2.75, 3.05) is 13.7 Å². The lowest BCUT2D eigenvalue weighted by atomic mass is 10.1. The number of hydrogen-bond donors (Lipinski definition) is 1. The van der Waals surface area contributed by atoms with Crippen LogP contribution in [-0.4, -0.2) is 40.1 Å². The Morgan fingerprint density at radius 3 is 2.96 bits per heavy atom. The molecular weight excluding hydrogens is 316 g/mol. The number of methoxy groups -OCH3 is 1. The molecule has 0 aromatic carbocycles. The van der Waals surface area contributed by atoms with Gasteiger partial charge in [-0.2, -0.15) is 0 Å². The number of carbonyl (C=O) groups is 1. The van der Waals surface area contributed by atoms with Crippen LogP contribution < -0.4 is 10.1 Å². The molecule has 3 heterocycles. The van der Waals surface area contributed by atoms with Gasteiger partial charge in [0, 0.05) is 55.9 Å². The Hall–Kier alpha value is -2.34. The molecule has 1 aliphatic rings. The highest BCUT2D eigenvalue weighted by Crippen LogP contribution is 2.22. The Morgan fingerprint density at radius 2 is 2.20 bits per heavy atom. The third-order valence-electron chi connectivity index (χ3n) is 4.44. The first-order valence-corrected chi connectivity index (χ1v) is 8.71. The molecule has 2 aromatic heterocycles. The van der Waals surface area contributed by atoms with Gasteiger partial charge in [-0.15, -0.1) is 0 Å². The van der Waals surface area contributed by atoms with E-state index >= 15 is 0 Å². The minimum atomic E-state index is -0.0845. The van der Waals surface area contributed by atoms with Gasteiger partial charge in [-0.3, -0.25) is 9.69 Å². The predicted molar refractivity (Wildman–Crippen MR) is 96.1 cm³/mol. The molecule has 1 amide bonds. The van der Waals surface area contributed by atoms with Crippen LogP contribution in [0.4, 0.5) is 0 Å². The van der Waals surface area contributed by atoms with Crippen molar-refractivity contribution in [3.8, 4) is 5.88 Å². The SMILES string of the molecule is COc1ncccc1CN1Cc2cccn2C[C@@H](C(=O)NC(C)C)C1. The van der Waals surface area contributed by atoms with Crippen LogP contribution in [0, 0.1) is 5.92 Å². The summed E-state index contributed by atoms with van der Waals surface area (Å²) in [6.45, 7) is 6.91. The topological polar surface area (TPSA) is 59.4 Å². The molecule has 134 valence electrons. The molecule has 0 radical (unpaired) electrons. The molecule has 0 unspecified atom stereocenters. The number of pyridine rings is 1. The van der Waals surface area contributed by atoms with Gasteiger partial charge < -0.3 is 14.6 Å². The summed E-state index contributed by atoms with van der Waals surface area (Å²) in [4.78, 5) is 19.2. The van der Waals surface area contributed by atoms with E-state index in [1.807, 2.05) is 32.0 Å². The van der Waals surface area contributed by atoms with Gasteiger partial charge in [0.15, 0.2) is 0 Å². The minimum Gasteiger partial charge on any atom is -0.481 e. The number of rotatable bonds is 5. The third-order valence-corrected chi connectivity index (χ3v) is 4.44. The number of hydrogen-bond acceptors (Lipinski definition) is 4. The van der Waals surface area contributed by atoms with E-state index in [0.717, 1.165) is 12.1 Å². The summed E-state index contributed by atoms with van der Waals surface area (Å²) in [6.07, 6.45) is 3.79. The average molecular weight is 342 g/mol. The van der Waals surface area contributed by atoms with Crippen LogP contribution in [-0.2, 0) is 24.4 Å². The van der Waals surface area contributed by atoms with Gasteiger partial charge in [0.2, 0.25) is 11.8 Å². The Balaban J connectivity index is 1.82. The molecule has 6 heteroatoms. The molecular formula is C19H26N4O2. The molecule has 0 spiro atoms. The molecule has 0 saturated heterocycles. The number of nitrogens with zero attached hydrogens (tertiary/aromatic N) is 3. The molecule has 0 saturated carbocycles. The minimum absolute atomic E-state index is 0.0845. The quantitative estimate of drug-likeness (QED) is 0.903. The smallest absolute Gasteiger partial charge is 0.226 e. The molecule has 6 nitrogen and oxygen atoms in total. The molecule has 0 fully saturated rings. The molecule has 1 atom stereocenters. The molecule has 3 rings (SSSR count). The number of nitrogens with one attached hydrogen (secondary N) is 1. The van der Waals surface area contributed by atoms with Gasteiger partial charge in [-0.05, 0) is 32.0 Å². The van der Waals surface area contributed by atoms with Crippen LogP contribution in [0.5, 0.6) is 5.88 Å². The summed E-state index contributed by atoms with van der Waals surface area (Å²) in [5, 5.41) is 3.05. The van der Waals surface area contributed by atoms with Crippen molar-refractivity contribution >= 4 is 5.91 Å². The lowest BCUT2D eigenvalue weighted by molar-refractivity contribution is -0.126. The lowest BCUT2D eigenvalue weighted by Gasteiger charge is -2.24. The molecule has 1 N–H and O–H groups in total. The number of ether oxygens (including phenoxy) is 1. The van der Waals surface area contributed by atoms with E-state index in [-0.39, 0.29) is 17.9 Å². The third kappa shape index (κ3) is 4.20. The summed E-state index contributed by atoms with van der Waals surface area (Å²) >= 11 is 0. The Labute approximate surface area is 148 Å². The van der Waals surface area contributed by atoms with E-state index < -0.39 is 0 Å². The van der Waals surface area contributed by atoms with Crippen LogP contribution in [0.15, 0.2) is 36.7 Å². The fourth-order valence-electron chi connectivity index (χ4n) is 3.33. The van der Waals surface area contributed by atoms with Crippen molar-refractivity contribution in [1.82, 2.24) is 19.8 Å². The molecule has 25 heavy (non-hydrogen) atoms. The fraction of sp³-hybridized carbons (Fsp3) is 0.474. The number of fused-ring (bicyclic) bond motifs is 1. The lowest BCUT2D eigenvalue weighted by Crippen LogP contribution is -2.41. The highest BCUT2D eigenvalue weighted by Gasteiger charge is 2.27. The van der Waals surface area contributed by atoms with Crippen LogP contribution in [0.1, 0.15) is 25.1 Å². The zero-order valence-corrected chi connectivity index (χ0v) is 15.1. The van der Waals surface area contributed by atoms with Crippen molar-refractivity contribution in [2.24, 2.45) is 5.92 Å². The van der Waals surface area contributed by atoms with Crippen molar-refractivity contribution in [3.05, 3.63) is 47.9 Å². The largest absolute Gasteiger partial charge is 0.481 e. The second-order valence-electron chi connectivity index (χ2n) is 6.85. The highest BCUT2D eigenvalue weighted by atomic mass is 16.5. The van der Waals surface area contributed by atoms with Crippen molar-refractivity contribution in [3.63, 3.8) is 0 Å². The summed E-state index contributed by atoms with van der Waals surface area (Å²) < 4.78 is 7.56. The van der Waals surface area contributed by atoms with Crippen molar-refractivity contribution < 1.29 is 9.53 Å². The van der Waals surface area contributed by atoms with Gasteiger partial charge in [0.25, 0.3) is 0 Å². The Kier molecular flexibility index (Phi) is 5.38. The van der Waals surface area contributed by atoms with E-state index in [2.05, 4.69) is 32.0 Å². The first kappa shape index (κ1) is 17.5. The van der Waals surface area contributed by atoms with Crippen LogP contribution >= 0.6 is 0 Å². The van der Waals surface area contributed by atoms with Crippen LogP contribution in [0.2, 0.25) is 0 Å². The maximum atomic E-state index is 12.6. The van der Waals surface area contributed by atoms with Crippen LogP contribution in [0.25, 0.3) is 0 Å². The highest BCUT2D eigenvalue weighted by molar-refractivity contribution is 5.79. The first-order valence-electron chi connectivity index (χ1n) is 8.71. The van der Waals surface area contributed by atoms with Gasteiger partial charge in [-0.1, -0.05) is 6.07 Å². The zero-order chi connectivity index (χ0) is 17.8. The molecule has 0 aliphatic carbocycles. The molecule has 1 aliphatic heterocycles. The standard InChI is InChI=1S/C19H26N4O2/c1-14(2)21-18(24)16-11-22(13-17-7-5-9-23(17)12-16)10-15-6-4-8-20-19(15)25-3/h4-9,14,16H,10-13H2,1-3H3,(H,21,24)/t16-/m0/s1. The van der Waals surface area contributed by atoms with E-state index in [1.54, 1.807) is 13.3 Å². The Morgan fingerprint density at radius 1 is 1.36 bits per heavy atom. The predicted octanol–water partition coefficient (Wildman–Crippen LogP) is 2.05.